The molecule has 0 aliphatic carbocycles. The molecule has 1 fully saturated rings. The van der Waals surface area contributed by atoms with Crippen molar-refractivity contribution in [3.05, 3.63) is 94.1 Å². The molecular formula is C31H31ClN2O5. The van der Waals surface area contributed by atoms with Crippen molar-refractivity contribution >= 4 is 28.9 Å². The van der Waals surface area contributed by atoms with Crippen LogP contribution in [0.15, 0.2) is 66.9 Å². The Morgan fingerprint density at radius 2 is 1.82 bits per heavy atom. The van der Waals surface area contributed by atoms with Gasteiger partial charge in [-0.1, -0.05) is 41.9 Å². The normalized spacial score (nSPS) is 17.5. The molecule has 7 nitrogen and oxygen atoms in total. The monoisotopic (exact) mass is 546 g/mol. The first kappa shape index (κ1) is 27.1. The van der Waals surface area contributed by atoms with Crippen LogP contribution in [-0.4, -0.2) is 51.5 Å². The number of allylic oxidation sites excluding steroid dienone is 1. The zero-order valence-corrected chi connectivity index (χ0v) is 22.4. The van der Waals surface area contributed by atoms with Gasteiger partial charge in [0.1, 0.15) is 5.75 Å². The number of halogens is 1. The van der Waals surface area contributed by atoms with Gasteiger partial charge in [0.05, 0.1) is 12.0 Å². The third kappa shape index (κ3) is 6.22. The highest BCUT2D eigenvalue weighted by Gasteiger charge is 2.33. The fourth-order valence-corrected chi connectivity index (χ4v) is 5.49. The summed E-state index contributed by atoms with van der Waals surface area (Å²) >= 11 is 6.01. The number of rotatable bonds is 8. The van der Waals surface area contributed by atoms with Gasteiger partial charge in [-0.25, -0.2) is 4.98 Å². The van der Waals surface area contributed by atoms with Crippen molar-refractivity contribution in [2.45, 2.75) is 44.1 Å². The third-order valence-electron chi connectivity index (χ3n) is 7.59. The Morgan fingerprint density at radius 3 is 2.56 bits per heavy atom. The fourth-order valence-electron chi connectivity index (χ4n) is 5.37. The van der Waals surface area contributed by atoms with E-state index in [1.54, 1.807) is 18.3 Å². The number of hydrogen-bond acceptors (Lipinski definition) is 6. The molecule has 1 saturated heterocycles. The number of fused-ring (bicyclic) bond motifs is 2. The smallest absolute Gasteiger partial charge is 0.303 e. The van der Waals surface area contributed by atoms with E-state index in [-0.39, 0.29) is 18.6 Å². The minimum Gasteiger partial charge on any atom is -0.481 e. The molecule has 2 aliphatic heterocycles. The standard InChI is InChI=1S/C31H31ClN2O5/c32-23-10-8-22(9-11-23)31(38)14-18-34(19-15-31)17-3-4-21-20-26-25(27(35)12-13-29(36)37)5-1-7-28(26)39-30-24(21)6-2-16-33-30/h1-2,4-11,16,38H,3,12-15,17-20H2,(H,36,37)/b21-4-. The van der Waals surface area contributed by atoms with E-state index in [0.717, 1.165) is 48.3 Å². The first-order valence-corrected chi connectivity index (χ1v) is 13.6. The van der Waals surface area contributed by atoms with Crippen molar-refractivity contribution in [1.29, 1.82) is 0 Å². The van der Waals surface area contributed by atoms with Gasteiger partial charge in [0.2, 0.25) is 5.88 Å². The lowest BCUT2D eigenvalue weighted by molar-refractivity contribution is -0.136. The number of carboxylic acid groups (broad SMARTS) is 1. The average molecular weight is 547 g/mol. The second-order valence-electron chi connectivity index (χ2n) is 10.1. The fraction of sp³-hybridized carbons (Fsp3) is 0.323. The molecule has 39 heavy (non-hydrogen) atoms. The maximum atomic E-state index is 12.9. The molecule has 3 heterocycles. The number of aromatic nitrogens is 1. The molecule has 0 bridgehead atoms. The molecule has 0 atom stereocenters. The summed E-state index contributed by atoms with van der Waals surface area (Å²) in [6.45, 7) is 2.41. The number of piperidine rings is 1. The molecule has 2 aromatic carbocycles. The van der Waals surface area contributed by atoms with Gasteiger partial charge in [0.15, 0.2) is 5.78 Å². The van der Waals surface area contributed by atoms with Crippen molar-refractivity contribution < 1.29 is 24.5 Å². The van der Waals surface area contributed by atoms with Crippen LogP contribution >= 0.6 is 11.6 Å². The van der Waals surface area contributed by atoms with Crippen molar-refractivity contribution in [2.75, 3.05) is 19.6 Å². The Balaban J connectivity index is 1.31. The predicted octanol–water partition coefficient (Wildman–Crippen LogP) is 5.89. The van der Waals surface area contributed by atoms with E-state index in [1.165, 1.54) is 0 Å². The van der Waals surface area contributed by atoms with Gasteiger partial charge in [0, 0.05) is 60.4 Å². The summed E-state index contributed by atoms with van der Waals surface area (Å²) in [6.07, 6.45) is 6.16. The molecule has 2 aliphatic rings. The van der Waals surface area contributed by atoms with Gasteiger partial charge < -0.3 is 19.8 Å². The minimum absolute atomic E-state index is 0.0621. The number of pyridine rings is 1. The van der Waals surface area contributed by atoms with Crippen LogP contribution < -0.4 is 4.74 Å². The molecule has 1 aromatic heterocycles. The minimum atomic E-state index is -0.997. The van der Waals surface area contributed by atoms with Crippen LogP contribution in [0, 0.1) is 0 Å². The van der Waals surface area contributed by atoms with Crippen LogP contribution in [0.3, 0.4) is 0 Å². The van der Waals surface area contributed by atoms with Crippen molar-refractivity contribution in [1.82, 2.24) is 9.88 Å². The zero-order valence-electron chi connectivity index (χ0n) is 21.6. The van der Waals surface area contributed by atoms with Crippen molar-refractivity contribution in [3.8, 4) is 11.6 Å². The Labute approximate surface area is 232 Å². The van der Waals surface area contributed by atoms with Gasteiger partial charge >= 0.3 is 5.97 Å². The molecular weight excluding hydrogens is 516 g/mol. The largest absolute Gasteiger partial charge is 0.481 e. The molecule has 0 saturated carbocycles. The van der Waals surface area contributed by atoms with Crippen molar-refractivity contribution in [2.24, 2.45) is 0 Å². The number of hydrogen-bond donors (Lipinski definition) is 2. The highest BCUT2D eigenvalue weighted by Crippen LogP contribution is 2.40. The number of likely N-dealkylation sites (tertiary alicyclic amines) is 1. The number of Topliss-reactive ketones (excluding diaryl/α,β-unsaturated/α-hetero) is 1. The number of aliphatic carboxylic acids is 1. The lowest BCUT2D eigenvalue weighted by Crippen LogP contribution is -2.42. The maximum absolute atomic E-state index is 12.9. The molecule has 3 aromatic rings. The molecule has 0 spiro atoms. The number of carbonyl (C=O) groups excluding carboxylic acids is 1. The number of benzene rings is 2. The van der Waals surface area contributed by atoms with E-state index < -0.39 is 11.6 Å². The van der Waals surface area contributed by atoms with E-state index in [9.17, 15) is 14.7 Å². The Kier molecular flexibility index (Phi) is 8.12. The Morgan fingerprint density at radius 1 is 1.05 bits per heavy atom. The first-order chi connectivity index (χ1) is 18.8. The lowest BCUT2D eigenvalue weighted by Gasteiger charge is -2.38. The van der Waals surface area contributed by atoms with E-state index in [1.807, 2.05) is 42.5 Å². The second kappa shape index (κ2) is 11.7. The third-order valence-corrected chi connectivity index (χ3v) is 7.84. The van der Waals surface area contributed by atoms with Gasteiger partial charge in [-0.15, -0.1) is 0 Å². The van der Waals surface area contributed by atoms with E-state index in [2.05, 4.69) is 16.0 Å². The summed E-state index contributed by atoms with van der Waals surface area (Å²) < 4.78 is 6.15. The zero-order chi connectivity index (χ0) is 27.4. The van der Waals surface area contributed by atoms with Gasteiger partial charge in [-0.05, 0) is 60.7 Å². The van der Waals surface area contributed by atoms with E-state index >= 15 is 0 Å². The van der Waals surface area contributed by atoms with E-state index in [4.69, 9.17) is 21.4 Å². The molecule has 5 rings (SSSR count). The maximum Gasteiger partial charge on any atom is 0.303 e. The molecule has 8 heteroatoms. The Bertz CT molecular complexity index is 1390. The summed E-state index contributed by atoms with van der Waals surface area (Å²) in [4.78, 5) is 30.7. The number of carbonyl (C=O) groups is 2. The molecule has 2 N–H and O–H groups in total. The van der Waals surface area contributed by atoms with Gasteiger partial charge in [-0.2, -0.15) is 0 Å². The van der Waals surface area contributed by atoms with E-state index in [0.29, 0.717) is 41.5 Å². The van der Waals surface area contributed by atoms with Crippen LogP contribution in [0.2, 0.25) is 5.02 Å². The number of aliphatic hydroxyl groups is 1. The molecule has 0 unspecified atom stereocenters. The van der Waals surface area contributed by atoms with Gasteiger partial charge in [0.25, 0.3) is 0 Å². The van der Waals surface area contributed by atoms with Crippen LogP contribution in [0.5, 0.6) is 11.6 Å². The summed E-state index contributed by atoms with van der Waals surface area (Å²) in [7, 11) is 0. The molecule has 0 radical (unpaired) electrons. The van der Waals surface area contributed by atoms with Gasteiger partial charge in [-0.3, -0.25) is 9.59 Å². The summed E-state index contributed by atoms with van der Waals surface area (Å²) in [5.74, 6) is -0.151. The van der Waals surface area contributed by atoms with Crippen LogP contribution in [-0.2, 0) is 16.8 Å². The highest BCUT2D eigenvalue weighted by atomic mass is 35.5. The lowest BCUT2D eigenvalue weighted by atomic mass is 9.84. The van der Waals surface area contributed by atoms with Crippen LogP contribution in [0.4, 0.5) is 0 Å². The quantitative estimate of drug-likeness (QED) is 0.340. The average Bonchev–Trinajstić information content (AvgIpc) is 3.09. The molecule has 202 valence electrons. The summed E-state index contributed by atoms with van der Waals surface area (Å²) in [5.41, 5.74) is 3.21. The predicted molar refractivity (Wildman–Crippen MR) is 149 cm³/mol. The first-order valence-electron chi connectivity index (χ1n) is 13.2. The number of ketones is 1. The topological polar surface area (TPSA) is 100.0 Å². The SMILES string of the molecule is O=C(O)CCC(=O)c1cccc2c1C/C(=C/CCN1CCC(O)(c3ccc(Cl)cc3)CC1)c1cccnc1O2. The van der Waals surface area contributed by atoms with Crippen molar-refractivity contribution in [3.63, 3.8) is 0 Å². The Hall–Kier alpha value is -3.52. The second-order valence-corrected chi connectivity index (χ2v) is 10.6. The number of nitrogens with zero attached hydrogens (tertiary/aromatic N) is 2. The summed E-state index contributed by atoms with van der Waals surface area (Å²) in [6, 6.07) is 16.6. The number of ether oxygens (including phenoxy) is 1. The summed E-state index contributed by atoms with van der Waals surface area (Å²) in [5, 5.41) is 20.9. The van der Waals surface area contributed by atoms with Crippen LogP contribution in [0.1, 0.15) is 59.2 Å². The number of carboxylic acids is 1. The van der Waals surface area contributed by atoms with Crippen LogP contribution in [0.25, 0.3) is 5.57 Å². The highest BCUT2D eigenvalue weighted by molar-refractivity contribution is 6.30. The molecule has 0 amide bonds.